The molecule has 1 aromatic rings. The van der Waals surface area contributed by atoms with Gasteiger partial charge in [-0.05, 0) is 17.7 Å². The minimum absolute atomic E-state index is 0.0535. The number of alkyl halides is 2. The van der Waals surface area contributed by atoms with E-state index in [4.69, 9.17) is 10.4 Å². The number of rotatable bonds is 3. The number of carboxylic acids is 1. The highest BCUT2D eigenvalue weighted by Crippen LogP contribution is 2.28. The van der Waals surface area contributed by atoms with Gasteiger partial charge in [0.2, 0.25) is 0 Å². The molecule has 0 heterocycles. The Balaban J connectivity index is 3.37. The molecule has 6 heteroatoms. The van der Waals surface area contributed by atoms with Crippen LogP contribution in [0, 0.1) is 11.3 Å². The van der Waals surface area contributed by atoms with Gasteiger partial charge in [0.15, 0.2) is 0 Å². The van der Waals surface area contributed by atoms with E-state index >= 15 is 0 Å². The number of benzene rings is 1. The van der Waals surface area contributed by atoms with Gasteiger partial charge in [0, 0.05) is 10.5 Å². The summed E-state index contributed by atoms with van der Waals surface area (Å²) in [5.41, 5.74) is -0.709. The first kappa shape index (κ1) is 12.5. The van der Waals surface area contributed by atoms with Crippen LogP contribution in [-0.2, 0) is 11.2 Å². The van der Waals surface area contributed by atoms with Gasteiger partial charge in [0.1, 0.15) is 0 Å². The highest BCUT2D eigenvalue weighted by molar-refractivity contribution is 7.80. The molecule has 1 rings (SSSR count). The lowest BCUT2D eigenvalue weighted by Crippen LogP contribution is -2.05. The fourth-order valence-corrected chi connectivity index (χ4v) is 1.61. The molecule has 3 nitrogen and oxygen atoms in total. The van der Waals surface area contributed by atoms with Gasteiger partial charge in [0.05, 0.1) is 18.1 Å². The van der Waals surface area contributed by atoms with Crippen molar-refractivity contribution in [2.75, 3.05) is 0 Å². The van der Waals surface area contributed by atoms with Crippen molar-refractivity contribution in [3.63, 3.8) is 0 Å². The Morgan fingerprint density at radius 1 is 1.56 bits per heavy atom. The fourth-order valence-electron chi connectivity index (χ4n) is 1.32. The molecule has 0 fully saturated rings. The zero-order chi connectivity index (χ0) is 12.3. The molecule has 0 spiro atoms. The maximum absolute atomic E-state index is 12.6. The van der Waals surface area contributed by atoms with Crippen LogP contribution in [0.4, 0.5) is 8.78 Å². The molecule has 84 valence electrons. The first-order valence-electron chi connectivity index (χ1n) is 4.21. The van der Waals surface area contributed by atoms with Crippen molar-refractivity contribution < 1.29 is 18.7 Å². The van der Waals surface area contributed by atoms with Crippen molar-refractivity contribution in [3.8, 4) is 6.07 Å². The first-order chi connectivity index (χ1) is 7.45. The normalized spacial score (nSPS) is 10.2. The predicted molar refractivity (Wildman–Crippen MR) is 54.7 cm³/mol. The lowest BCUT2D eigenvalue weighted by Gasteiger charge is -2.08. The van der Waals surface area contributed by atoms with Gasteiger partial charge < -0.3 is 5.11 Å². The van der Waals surface area contributed by atoms with E-state index < -0.39 is 24.4 Å². The van der Waals surface area contributed by atoms with Crippen LogP contribution in [0.25, 0.3) is 0 Å². The fraction of sp³-hybridized carbons (Fsp3) is 0.200. The van der Waals surface area contributed by atoms with Crippen LogP contribution in [0.15, 0.2) is 17.0 Å². The summed E-state index contributed by atoms with van der Waals surface area (Å²) in [5, 5.41) is 17.3. The monoisotopic (exact) mass is 243 g/mol. The van der Waals surface area contributed by atoms with Gasteiger partial charge in [-0.3, -0.25) is 4.79 Å². The van der Waals surface area contributed by atoms with Crippen LogP contribution in [0.2, 0.25) is 0 Å². The van der Waals surface area contributed by atoms with Gasteiger partial charge >= 0.3 is 5.97 Å². The number of carbonyl (C=O) groups is 1. The van der Waals surface area contributed by atoms with E-state index in [1.165, 1.54) is 6.07 Å². The van der Waals surface area contributed by atoms with E-state index in [9.17, 15) is 13.6 Å². The van der Waals surface area contributed by atoms with Gasteiger partial charge in [-0.1, -0.05) is 0 Å². The van der Waals surface area contributed by atoms with E-state index in [-0.39, 0.29) is 16.0 Å². The minimum Gasteiger partial charge on any atom is -0.481 e. The third-order valence-corrected chi connectivity index (χ3v) is 2.18. The number of halogens is 2. The maximum atomic E-state index is 12.6. The SMILES string of the molecule is N#Cc1c(CC(=O)O)cc(S)cc1C(F)F. The second kappa shape index (κ2) is 4.94. The summed E-state index contributed by atoms with van der Waals surface area (Å²) in [6.45, 7) is 0. The van der Waals surface area contributed by atoms with Crippen LogP contribution in [0.5, 0.6) is 0 Å². The number of nitriles is 1. The minimum atomic E-state index is -2.82. The third kappa shape index (κ3) is 2.70. The lowest BCUT2D eigenvalue weighted by molar-refractivity contribution is -0.136. The van der Waals surface area contributed by atoms with Crippen LogP contribution < -0.4 is 0 Å². The van der Waals surface area contributed by atoms with Gasteiger partial charge in [-0.25, -0.2) is 8.78 Å². The average molecular weight is 243 g/mol. The molecule has 0 saturated heterocycles. The van der Waals surface area contributed by atoms with Crippen molar-refractivity contribution in [1.82, 2.24) is 0 Å². The molecule has 0 unspecified atom stereocenters. The molecule has 0 radical (unpaired) electrons. The summed E-state index contributed by atoms with van der Waals surface area (Å²) in [4.78, 5) is 10.7. The number of nitrogens with zero attached hydrogens (tertiary/aromatic N) is 1. The molecule has 0 saturated carbocycles. The number of aliphatic carboxylic acids is 1. The molecule has 0 aromatic heterocycles. The highest BCUT2D eigenvalue weighted by Gasteiger charge is 2.18. The first-order valence-corrected chi connectivity index (χ1v) is 4.66. The second-order valence-electron chi connectivity index (χ2n) is 3.05. The van der Waals surface area contributed by atoms with Crippen molar-refractivity contribution >= 4 is 18.6 Å². The van der Waals surface area contributed by atoms with E-state index in [1.807, 2.05) is 0 Å². The average Bonchev–Trinajstić information content (AvgIpc) is 2.15. The Kier molecular flexibility index (Phi) is 3.85. The van der Waals surface area contributed by atoms with Crippen molar-refractivity contribution in [1.29, 1.82) is 5.26 Å². The Bertz CT molecular complexity index is 469. The molecule has 0 atom stereocenters. The maximum Gasteiger partial charge on any atom is 0.307 e. The molecule has 16 heavy (non-hydrogen) atoms. The summed E-state index contributed by atoms with van der Waals surface area (Å²) in [7, 11) is 0. The molecule has 0 aliphatic rings. The van der Waals surface area contributed by atoms with Crippen LogP contribution in [0.1, 0.15) is 23.1 Å². The molecule has 0 aliphatic heterocycles. The topological polar surface area (TPSA) is 61.1 Å². The molecule has 1 N–H and O–H groups in total. The predicted octanol–water partition coefficient (Wildman–Crippen LogP) is 2.41. The number of hydrogen-bond acceptors (Lipinski definition) is 3. The summed E-state index contributed by atoms with van der Waals surface area (Å²) in [6.07, 6.45) is -3.30. The summed E-state index contributed by atoms with van der Waals surface area (Å²) >= 11 is 3.89. The Labute approximate surface area is 95.7 Å². The Morgan fingerprint density at radius 2 is 2.19 bits per heavy atom. The van der Waals surface area contributed by atoms with E-state index in [0.717, 1.165) is 6.07 Å². The summed E-state index contributed by atoms with van der Waals surface area (Å²) in [6, 6.07) is 3.98. The molecule has 0 aliphatic carbocycles. The Hall–Kier alpha value is -1.61. The standard InChI is InChI=1S/C10H7F2NO2S/c11-10(12)7-3-6(16)1-5(2-9(14)15)8(7)4-13/h1,3,10,16H,2H2,(H,14,15). The second-order valence-corrected chi connectivity index (χ2v) is 3.57. The quantitative estimate of drug-likeness (QED) is 0.801. The largest absolute Gasteiger partial charge is 0.481 e. The third-order valence-electron chi connectivity index (χ3n) is 1.92. The van der Waals surface area contributed by atoms with Gasteiger partial charge in [-0.15, -0.1) is 12.6 Å². The molecular weight excluding hydrogens is 236 g/mol. The van der Waals surface area contributed by atoms with E-state index in [2.05, 4.69) is 12.6 Å². The van der Waals surface area contributed by atoms with Crippen LogP contribution in [-0.4, -0.2) is 11.1 Å². The van der Waals surface area contributed by atoms with Gasteiger partial charge in [0.25, 0.3) is 6.43 Å². The Morgan fingerprint density at radius 3 is 2.62 bits per heavy atom. The van der Waals surface area contributed by atoms with E-state index in [0.29, 0.717) is 0 Å². The molecule has 0 amide bonds. The van der Waals surface area contributed by atoms with Crippen LogP contribution in [0.3, 0.4) is 0 Å². The zero-order valence-corrected chi connectivity index (χ0v) is 8.84. The molecular formula is C10H7F2NO2S. The zero-order valence-electron chi connectivity index (χ0n) is 7.94. The van der Waals surface area contributed by atoms with Crippen molar-refractivity contribution in [3.05, 3.63) is 28.8 Å². The van der Waals surface area contributed by atoms with Crippen molar-refractivity contribution in [2.24, 2.45) is 0 Å². The summed E-state index contributed by atoms with van der Waals surface area (Å²) in [5.74, 6) is -1.18. The molecule has 1 aromatic carbocycles. The summed E-state index contributed by atoms with van der Waals surface area (Å²) < 4.78 is 25.2. The number of carboxylic acid groups (broad SMARTS) is 1. The number of hydrogen-bond donors (Lipinski definition) is 2. The number of thiol groups is 1. The van der Waals surface area contributed by atoms with Gasteiger partial charge in [-0.2, -0.15) is 5.26 Å². The molecule has 0 bridgehead atoms. The van der Waals surface area contributed by atoms with E-state index in [1.54, 1.807) is 6.07 Å². The van der Waals surface area contributed by atoms with Crippen LogP contribution >= 0.6 is 12.6 Å². The lowest BCUT2D eigenvalue weighted by atomic mass is 10.00. The highest BCUT2D eigenvalue weighted by atomic mass is 32.1. The smallest absolute Gasteiger partial charge is 0.307 e. The van der Waals surface area contributed by atoms with Crippen molar-refractivity contribution in [2.45, 2.75) is 17.7 Å².